The lowest BCUT2D eigenvalue weighted by Gasteiger charge is -2.15. The summed E-state index contributed by atoms with van der Waals surface area (Å²) in [4.78, 5) is 22.9. The number of hydrogen-bond acceptors (Lipinski definition) is 4. The van der Waals surface area contributed by atoms with Crippen LogP contribution in [-0.2, 0) is 22.3 Å². The van der Waals surface area contributed by atoms with Crippen molar-refractivity contribution in [2.24, 2.45) is 0 Å². The smallest absolute Gasteiger partial charge is 0.337 e. The molecule has 7 heteroatoms. The van der Waals surface area contributed by atoms with Crippen LogP contribution in [0, 0.1) is 0 Å². The normalized spacial score (nSPS) is 22.9. The van der Waals surface area contributed by atoms with E-state index >= 15 is 0 Å². The van der Waals surface area contributed by atoms with Crippen molar-refractivity contribution in [1.29, 1.82) is 0 Å². The average Bonchev–Trinajstić information content (AvgIpc) is 3.27. The van der Waals surface area contributed by atoms with Gasteiger partial charge >= 0.3 is 11.9 Å². The highest BCUT2D eigenvalue weighted by Gasteiger charge is 2.32. The third-order valence-electron chi connectivity index (χ3n) is 3.57. The van der Waals surface area contributed by atoms with Crippen LogP contribution in [-0.4, -0.2) is 47.6 Å². The fourth-order valence-corrected chi connectivity index (χ4v) is 2.70. The van der Waals surface area contributed by atoms with Crippen molar-refractivity contribution in [2.45, 2.75) is 25.0 Å². The van der Waals surface area contributed by atoms with Crippen LogP contribution in [0.5, 0.6) is 0 Å². The fourth-order valence-electron chi connectivity index (χ4n) is 2.40. The molecule has 2 fully saturated rings. The van der Waals surface area contributed by atoms with E-state index in [1.807, 2.05) is 0 Å². The molecule has 0 aliphatic carbocycles. The van der Waals surface area contributed by atoms with Gasteiger partial charge in [0.1, 0.15) is 0 Å². The van der Waals surface area contributed by atoms with Crippen molar-refractivity contribution in [2.75, 3.05) is 13.2 Å². The van der Waals surface area contributed by atoms with Crippen LogP contribution in [0.3, 0.4) is 0 Å². The van der Waals surface area contributed by atoms with E-state index < -0.39 is 11.9 Å². The van der Waals surface area contributed by atoms with E-state index in [1.54, 1.807) is 0 Å². The lowest BCUT2D eigenvalue weighted by Crippen LogP contribution is -2.15. The highest BCUT2D eigenvalue weighted by molar-refractivity contribution is 6.34. The Labute approximate surface area is 125 Å². The maximum Gasteiger partial charge on any atom is 0.337 e. The predicted octanol–water partition coefficient (Wildman–Crippen LogP) is 1.62. The van der Waals surface area contributed by atoms with Gasteiger partial charge in [-0.2, -0.15) is 0 Å². The summed E-state index contributed by atoms with van der Waals surface area (Å²) in [5.41, 5.74) is 0.786. The summed E-state index contributed by atoms with van der Waals surface area (Å²) in [5, 5.41) is 18.7. The van der Waals surface area contributed by atoms with Gasteiger partial charge in [0.05, 0.1) is 41.6 Å². The second kappa shape index (κ2) is 5.29. The lowest BCUT2D eigenvalue weighted by atomic mass is 9.92. The van der Waals surface area contributed by atoms with Crippen LogP contribution >= 0.6 is 11.6 Å². The molecule has 21 heavy (non-hydrogen) atoms. The lowest BCUT2D eigenvalue weighted by molar-refractivity contribution is 0.0679. The molecule has 2 aliphatic rings. The van der Waals surface area contributed by atoms with Crippen molar-refractivity contribution in [3.8, 4) is 0 Å². The van der Waals surface area contributed by atoms with Gasteiger partial charge < -0.3 is 19.7 Å². The summed E-state index contributed by atoms with van der Waals surface area (Å²) in [6.07, 6.45) is 0.545. The number of ether oxygens (including phenoxy) is 2. The zero-order chi connectivity index (χ0) is 15.1. The maximum atomic E-state index is 11.6. The Hall–Kier alpha value is -1.63. The average molecular weight is 313 g/mol. The van der Waals surface area contributed by atoms with Gasteiger partial charge in [-0.25, -0.2) is 9.59 Å². The Morgan fingerprint density at radius 1 is 1.14 bits per heavy atom. The molecule has 2 heterocycles. The summed E-state index contributed by atoms with van der Waals surface area (Å²) in [6.45, 7) is 1.10. The summed E-state index contributed by atoms with van der Waals surface area (Å²) in [6, 6.07) is 1.34. The van der Waals surface area contributed by atoms with Crippen LogP contribution in [0.25, 0.3) is 0 Å². The van der Waals surface area contributed by atoms with Gasteiger partial charge in [0.15, 0.2) is 0 Å². The molecule has 0 bridgehead atoms. The molecule has 3 rings (SSSR count). The molecule has 6 nitrogen and oxygen atoms in total. The molecule has 0 radical (unpaired) electrons. The molecule has 2 saturated heterocycles. The molecule has 0 aromatic heterocycles. The zero-order valence-electron chi connectivity index (χ0n) is 11.0. The van der Waals surface area contributed by atoms with E-state index in [0.717, 1.165) is 0 Å². The minimum absolute atomic E-state index is 0.0177. The number of carboxylic acids is 2. The quantitative estimate of drug-likeness (QED) is 0.774. The number of carboxylic acid groups (broad SMARTS) is 2. The summed E-state index contributed by atoms with van der Waals surface area (Å²) >= 11 is 6.12. The first-order chi connectivity index (χ1) is 9.97. The van der Waals surface area contributed by atoms with Crippen LogP contribution in [0.15, 0.2) is 6.07 Å². The first-order valence-corrected chi connectivity index (χ1v) is 6.89. The minimum atomic E-state index is -1.17. The molecule has 0 amide bonds. The Bertz CT molecular complexity index is 618. The second-order valence-electron chi connectivity index (χ2n) is 5.18. The molecule has 112 valence electrons. The first kappa shape index (κ1) is 14.3. The number of halogens is 1. The summed E-state index contributed by atoms with van der Waals surface area (Å²) < 4.78 is 10.2. The second-order valence-corrected chi connectivity index (χ2v) is 5.56. The van der Waals surface area contributed by atoms with Crippen LogP contribution in [0.2, 0.25) is 5.02 Å². The first-order valence-electron chi connectivity index (χ1n) is 6.51. The van der Waals surface area contributed by atoms with E-state index in [0.29, 0.717) is 37.2 Å². The number of aromatic carboxylic acids is 2. The van der Waals surface area contributed by atoms with Gasteiger partial charge in [0.25, 0.3) is 0 Å². The number of epoxide rings is 2. The van der Waals surface area contributed by atoms with Crippen molar-refractivity contribution in [3.63, 3.8) is 0 Å². The molecule has 2 atom stereocenters. The van der Waals surface area contributed by atoms with E-state index in [2.05, 4.69) is 0 Å². The molecular weight excluding hydrogens is 300 g/mol. The Morgan fingerprint density at radius 2 is 1.71 bits per heavy atom. The number of benzene rings is 1. The highest BCUT2D eigenvalue weighted by Crippen LogP contribution is 2.33. The molecule has 1 aromatic carbocycles. The van der Waals surface area contributed by atoms with Crippen molar-refractivity contribution >= 4 is 23.5 Å². The summed E-state index contributed by atoms with van der Waals surface area (Å²) in [5.74, 6) is -2.28. The fraction of sp³-hybridized carbons (Fsp3) is 0.429. The van der Waals surface area contributed by atoms with Gasteiger partial charge in [-0.15, -0.1) is 0 Å². The Balaban J connectivity index is 2.12. The van der Waals surface area contributed by atoms with Crippen molar-refractivity contribution < 1.29 is 29.3 Å². The molecule has 2 unspecified atom stereocenters. The molecular formula is C14H13ClO6. The molecule has 0 spiro atoms. The largest absolute Gasteiger partial charge is 0.478 e. The highest BCUT2D eigenvalue weighted by atomic mass is 35.5. The summed E-state index contributed by atoms with van der Waals surface area (Å²) in [7, 11) is 0. The van der Waals surface area contributed by atoms with E-state index in [1.165, 1.54) is 6.07 Å². The van der Waals surface area contributed by atoms with Gasteiger partial charge in [0, 0.05) is 12.8 Å². The standard InChI is InChI=1S/C14H13ClO6/c15-12-9(3-8-5-21-8)11(14(18)19)6(1-7-4-20-7)2-10(12)13(16)17/h2,7-8H,1,3-5H2,(H,16,17)(H,18,19). The van der Waals surface area contributed by atoms with Crippen LogP contribution in [0.4, 0.5) is 0 Å². The van der Waals surface area contributed by atoms with Crippen LogP contribution in [0.1, 0.15) is 31.8 Å². The number of carbonyl (C=O) groups is 2. The third-order valence-corrected chi connectivity index (χ3v) is 4.00. The number of hydrogen-bond donors (Lipinski definition) is 2. The Morgan fingerprint density at radius 3 is 2.19 bits per heavy atom. The van der Waals surface area contributed by atoms with Crippen molar-refractivity contribution in [3.05, 3.63) is 33.3 Å². The molecule has 2 aliphatic heterocycles. The van der Waals surface area contributed by atoms with E-state index in [4.69, 9.17) is 21.1 Å². The SMILES string of the molecule is O=C(O)c1cc(CC2CO2)c(C(=O)O)c(CC2CO2)c1Cl. The topological polar surface area (TPSA) is 99.7 Å². The number of rotatable bonds is 6. The maximum absolute atomic E-state index is 11.6. The third kappa shape index (κ3) is 3.02. The van der Waals surface area contributed by atoms with Crippen molar-refractivity contribution in [1.82, 2.24) is 0 Å². The van der Waals surface area contributed by atoms with E-state index in [9.17, 15) is 19.8 Å². The van der Waals surface area contributed by atoms with Gasteiger partial charge in [0.2, 0.25) is 0 Å². The van der Waals surface area contributed by atoms with E-state index in [-0.39, 0.29) is 28.4 Å². The van der Waals surface area contributed by atoms with Gasteiger partial charge in [-0.1, -0.05) is 11.6 Å². The minimum Gasteiger partial charge on any atom is -0.478 e. The molecule has 0 saturated carbocycles. The van der Waals surface area contributed by atoms with Gasteiger partial charge in [-0.05, 0) is 17.2 Å². The molecule has 1 aromatic rings. The molecule has 2 N–H and O–H groups in total. The van der Waals surface area contributed by atoms with Gasteiger partial charge in [-0.3, -0.25) is 0 Å². The Kier molecular flexibility index (Phi) is 3.61. The predicted molar refractivity (Wildman–Crippen MR) is 72.3 cm³/mol. The van der Waals surface area contributed by atoms with Crippen LogP contribution < -0.4 is 0 Å². The monoisotopic (exact) mass is 312 g/mol. The zero-order valence-corrected chi connectivity index (χ0v) is 11.7.